The molecule has 2 heterocycles. The van der Waals surface area contributed by atoms with E-state index in [1.165, 1.54) is 0 Å². The number of carbonyl (C=O) groups excluding carboxylic acids is 1. The van der Waals surface area contributed by atoms with Crippen LogP contribution in [0.4, 0.5) is 0 Å². The summed E-state index contributed by atoms with van der Waals surface area (Å²) in [6, 6.07) is 31.8. The second kappa shape index (κ2) is 13.5. The van der Waals surface area contributed by atoms with E-state index in [1.54, 1.807) is 0 Å². The number of aliphatic hydroxyl groups excluding tert-OH is 1. The molecule has 232 valence electrons. The Morgan fingerprint density at radius 2 is 1.62 bits per heavy atom. The van der Waals surface area contributed by atoms with Crippen LogP contribution >= 0.6 is 34.8 Å². The number of aliphatic hydroxyl groups is 1. The Bertz CT molecular complexity index is 1790. The normalized spacial score (nSPS) is 20.3. The summed E-state index contributed by atoms with van der Waals surface area (Å²) in [5.41, 5.74) is 7.52. The Balaban J connectivity index is 1.28. The second-order valence-corrected chi connectivity index (χ2v) is 13.5. The van der Waals surface area contributed by atoms with Crippen LogP contribution in [0.1, 0.15) is 41.6 Å². The van der Waals surface area contributed by atoms with Crippen molar-refractivity contribution in [1.82, 2.24) is 14.9 Å². The fraction of sp³-hybridized carbons (Fsp3) is 0.257. The van der Waals surface area contributed by atoms with Crippen LogP contribution in [-0.4, -0.2) is 30.5 Å². The van der Waals surface area contributed by atoms with E-state index in [0.29, 0.717) is 6.54 Å². The van der Waals surface area contributed by atoms with Gasteiger partial charge in [-0.05, 0) is 52.1 Å². The first-order chi connectivity index (χ1) is 21.7. The largest absolute Gasteiger partial charge is 0.392 e. The summed E-state index contributed by atoms with van der Waals surface area (Å²) in [5, 5.41) is 12.2. The monoisotopic (exact) mass is 663 g/mol. The molecule has 1 fully saturated rings. The maximum atomic E-state index is 12.0. The third kappa shape index (κ3) is 7.20. The summed E-state index contributed by atoms with van der Waals surface area (Å²) < 4.78 is 13.5. The molecule has 5 aromatic rings. The lowest BCUT2D eigenvalue weighted by molar-refractivity contribution is -0.276. The van der Waals surface area contributed by atoms with Gasteiger partial charge in [0.15, 0.2) is 6.29 Å². The van der Waals surface area contributed by atoms with Gasteiger partial charge >= 0.3 is 0 Å². The smallest absolute Gasteiger partial charge is 0.272 e. The summed E-state index contributed by atoms with van der Waals surface area (Å²) in [7, 11) is 0. The molecule has 0 bridgehead atoms. The number of benzene rings is 4. The molecule has 10 heteroatoms. The van der Waals surface area contributed by atoms with Crippen molar-refractivity contribution < 1.29 is 19.4 Å². The number of carbonyl (C=O) groups is 1. The number of imidazole rings is 1. The minimum Gasteiger partial charge on any atom is -0.392 e. The number of nitrogens with zero attached hydrogens (tertiary/aromatic N) is 2. The number of ether oxygens (including phenoxy) is 2. The minimum atomic E-state index is -2.02. The molecule has 45 heavy (non-hydrogen) atoms. The number of nitrogens with one attached hydrogen (secondary N) is 1. The van der Waals surface area contributed by atoms with Crippen molar-refractivity contribution in [3.05, 3.63) is 126 Å². The fourth-order valence-corrected chi connectivity index (χ4v) is 5.89. The van der Waals surface area contributed by atoms with E-state index in [-0.39, 0.29) is 31.3 Å². The summed E-state index contributed by atoms with van der Waals surface area (Å²) >= 11 is 17.1. The van der Waals surface area contributed by atoms with Crippen molar-refractivity contribution in [2.45, 2.75) is 48.9 Å². The van der Waals surface area contributed by atoms with E-state index in [2.05, 4.69) is 33.9 Å². The van der Waals surface area contributed by atoms with Crippen LogP contribution in [0.5, 0.6) is 0 Å². The SMILES string of the molecule is C[C@H]1[C@@H](Cn2cnc3ccccc32)O[C@@H](c2cccc(-c3cccc(CNC(=O)C(Cl)(Cl)Cl)c3)c2)O[C@H]1c1ccc(CO)cc1. The van der Waals surface area contributed by atoms with Gasteiger partial charge in [0.25, 0.3) is 9.70 Å². The Kier molecular flexibility index (Phi) is 9.47. The van der Waals surface area contributed by atoms with Gasteiger partial charge in [-0.25, -0.2) is 4.98 Å². The molecular formula is C35H32Cl3N3O4. The number of hydrogen-bond donors (Lipinski definition) is 2. The van der Waals surface area contributed by atoms with Crippen molar-refractivity contribution in [1.29, 1.82) is 0 Å². The Morgan fingerprint density at radius 3 is 2.38 bits per heavy atom. The maximum Gasteiger partial charge on any atom is 0.272 e. The number of fused-ring (bicyclic) bond motifs is 1. The van der Waals surface area contributed by atoms with Gasteiger partial charge in [-0.1, -0.05) is 115 Å². The molecule has 0 saturated carbocycles. The number of para-hydroxylation sites is 2. The van der Waals surface area contributed by atoms with Crippen LogP contribution in [-0.2, 0) is 34.0 Å². The highest BCUT2D eigenvalue weighted by Crippen LogP contribution is 2.43. The maximum absolute atomic E-state index is 12.0. The molecule has 1 aromatic heterocycles. The van der Waals surface area contributed by atoms with Gasteiger partial charge in [0.1, 0.15) is 0 Å². The predicted molar refractivity (Wildman–Crippen MR) is 177 cm³/mol. The zero-order chi connectivity index (χ0) is 31.6. The van der Waals surface area contributed by atoms with Gasteiger partial charge in [-0.3, -0.25) is 4.79 Å². The number of hydrogen-bond acceptors (Lipinski definition) is 5. The quantitative estimate of drug-likeness (QED) is 0.166. The van der Waals surface area contributed by atoms with Crippen molar-refractivity contribution in [3.8, 4) is 11.1 Å². The number of halogens is 3. The first-order valence-electron chi connectivity index (χ1n) is 14.6. The highest BCUT2D eigenvalue weighted by molar-refractivity contribution is 6.76. The summed E-state index contributed by atoms with van der Waals surface area (Å²) in [4.78, 5) is 16.6. The van der Waals surface area contributed by atoms with Gasteiger partial charge in [0.2, 0.25) is 0 Å². The lowest BCUT2D eigenvalue weighted by atomic mass is 9.90. The molecule has 4 atom stereocenters. The number of amides is 1. The van der Waals surface area contributed by atoms with Crippen LogP contribution in [0.25, 0.3) is 22.2 Å². The van der Waals surface area contributed by atoms with E-state index in [1.807, 2.05) is 91.3 Å². The fourth-order valence-electron chi connectivity index (χ4n) is 5.69. The molecule has 0 radical (unpaired) electrons. The molecule has 1 amide bonds. The van der Waals surface area contributed by atoms with E-state index in [9.17, 15) is 9.90 Å². The van der Waals surface area contributed by atoms with Crippen molar-refractivity contribution >= 4 is 51.7 Å². The van der Waals surface area contributed by atoms with Gasteiger partial charge in [-0.2, -0.15) is 0 Å². The zero-order valence-corrected chi connectivity index (χ0v) is 26.7. The molecule has 0 spiro atoms. The molecule has 0 aliphatic carbocycles. The van der Waals surface area contributed by atoms with E-state index in [0.717, 1.165) is 44.4 Å². The predicted octanol–water partition coefficient (Wildman–Crippen LogP) is 7.67. The molecule has 4 aromatic carbocycles. The topological polar surface area (TPSA) is 85.6 Å². The van der Waals surface area contributed by atoms with E-state index in [4.69, 9.17) is 44.3 Å². The molecule has 1 aliphatic heterocycles. The van der Waals surface area contributed by atoms with Crippen LogP contribution in [0.3, 0.4) is 0 Å². The van der Waals surface area contributed by atoms with Crippen LogP contribution in [0, 0.1) is 5.92 Å². The van der Waals surface area contributed by atoms with E-state index >= 15 is 0 Å². The van der Waals surface area contributed by atoms with E-state index < -0.39 is 16.0 Å². The molecule has 7 nitrogen and oxygen atoms in total. The number of rotatable bonds is 8. The Hall–Kier alpha value is -3.43. The van der Waals surface area contributed by atoms with Crippen LogP contribution in [0.15, 0.2) is 103 Å². The van der Waals surface area contributed by atoms with Crippen molar-refractivity contribution in [2.75, 3.05) is 0 Å². The first-order valence-corrected chi connectivity index (χ1v) is 15.8. The number of aromatic nitrogens is 2. The molecule has 1 aliphatic rings. The number of alkyl halides is 3. The molecule has 2 N–H and O–H groups in total. The highest BCUT2D eigenvalue weighted by Gasteiger charge is 2.39. The molecule has 0 unspecified atom stereocenters. The summed E-state index contributed by atoms with van der Waals surface area (Å²) in [6.45, 7) is 2.95. The summed E-state index contributed by atoms with van der Waals surface area (Å²) in [6.07, 6.45) is 0.803. The van der Waals surface area contributed by atoms with Gasteiger partial charge in [0, 0.05) is 18.0 Å². The molecule has 1 saturated heterocycles. The Morgan fingerprint density at radius 1 is 0.889 bits per heavy atom. The van der Waals surface area contributed by atoms with Crippen LogP contribution in [0.2, 0.25) is 0 Å². The van der Waals surface area contributed by atoms with Gasteiger partial charge in [-0.15, -0.1) is 0 Å². The van der Waals surface area contributed by atoms with Gasteiger partial charge < -0.3 is 24.5 Å². The lowest BCUT2D eigenvalue weighted by Crippen LogP contribution is -2.39. The second-order valence-electron chi connectivity index (χ2n) is 11.2. The standard InChI is InChI=1S/C35H32Cl3N3O4/c1-22-31(19-41-21-40-29-10-2-3-11-30(29)41)44-33(45-32(22)25-14-12-23(20-42)13-15-25)28-9-5-8-27(17-28)26-7-4-6-24(16-26)18-39-34(43)35(36,37)38/h2-17,21-22,31-33,42H,18-20H2,1H3,(H,39,43)/t22-,31+,32+,33+/m0/s1. The highest BCUT2D eigenvalue weighted by atomic mass is 35.6. The van der Waals surface area contributed by atoms with Crippen molar-refractivity contribution in [2.24, 2.45) is 5.92 Å². The third-order valence-corrected chi connectivity index (χ3v) is 8.67. The van der Waals surface area contributed by atoms with Gasteiger partial charge in [0.05, 0.1) is 42.7 Å². The molecular weight excluding hydrogens is 633 g/mol. The third-order valence-electron chi connectivity index (χ3n) is 8.16. The average Bonchev–Trinajstić information content (AvgIpc) is 3.47. The molecule has 6 rings (SSSR count). The first kappa shape index (κ1) is 31.5. The van der Waals surface area contributed by atoms with Crippen LogP contribution < -0.4 is 5.32 Å². The minimum absolute atomic E-state index is 0.0172. The van der Waals surface area contributed by atoms with Crippen molar-refractivity contribution in [3.63, 3.8) is 0 Å². The zero-order valence-electron chi connectivity index (χ0n) is 24.4. The average molecular weight is 665 g/mol. The summed E-state index contributed by atoms with van der Waals surface area (Å²) in [5.74, 6) is -0.662. The lowest BCUT2D eigenvalue weighted by Gasteiger charge is -2.41. The Labute approximate surface area is 276 Å².